The monoisotopic (exact) mass is 184 g/mol. The zero-order valence-electron chi connectivity index (χ0n) is 8.57. The summed E-state index contributed by atoms with van der Waals surface area (Å²) < 4.78 is 4.65. The predicted octanol–water partition coefficient (Wildman–Crippen LogP) is 1.99. The Labute approximate surface area is 80.6 Å². The summed E-state index contributed by atoms with van der Waals surface area (Å²) in [5.74, 6) is 1.98. The molecule has 2 heteroatoms. The molecule has 2 rings (SSSR count). The normalized spacial score (nSPS) is 31.3. The molecule has 0 heterocycles. The molecule has 13 heavy (non-hydrogen) atoms. The van der Waals surface area contributed by atoms with Gasteiger partial charge < -0.3 is 9.84 Å². The van der Waals surface area contributed by atoms with Crippen LogP contribution in [0.15, 0.2) is 12.2 Å². The summed E-state index contributed by atoms with van der Waals surface area (Å²) in [6.45, 7) is 1.91. The van der Waals surface area contributed by atoms with Gasteiger partial charge >= 0.3 is 0 Å². The summed E-state index contributed by atoms with van der Waals surface area (Å²) >= 11 is 0. The molecule has 3 unspecified atom stereocenters. The molecule has 1 N–H and O–H groups in total. The second-order valence-electron chi connectivity index (χ2n) is 3.95. The molecule has 0 aromatic rings. The maximum atomic E-state index is 8.21. The van der Waals surface area contributed by atoms with Crippen molar-refractivity contribution >= 4 is 0 Å². The largest absolute Gasteiger partial charge is 0.394 e. The molecule has 2 aliphatic rings. The van der Waals surface area contributed by atoms with Crippen LogP contribution >= 0.6 is 0 Å². The van der Waals surface area contributed by atoms with E-state index in [4.69, 9.17) is 5.11 Å². The molecule has 3 atom stereocenters. The van der Waals surface area contributed by atoms with E-state index in [2.05, 4.69) is 16.9 Å². The molecule has 0 aromatic carbocycles. The number of rotatable bonds is 2. The van der Waals surface area contributed by atoms with Crippen molar-refractivity contribution in [3.63, 3.8) is 0 Å². The van der Waals surface area contributed by atoms with Gasteiger partial charge in [0.05, 0.1) is 12.7 Å². The van der Waals surface area contributed by atoms with Crippen LogP contribution in [-0.2, 0) is 4.74 Å². The van der Waals surface area contributed by atoms with Gasteiger partial charge in [-0.2, -0.15) is 0 Å². The smallest absolute Gasteiger partial charge is 0.0773 e. The van der Waals surface area contributed by atoms with Crippen molar-refractivity contribution < 1.29 is 9.84 Å². The van der Waals surface area contributed by atoms with E-state index in [1.165, 1.54) is 19.3 Å². The zero-order chi connectivity index (χ0) is 9.68. The van der Waals surface area contributed by atoms with Crippen LogP contribution in [0.1, 0.15) is 26.2 Å². The van der Waals surface area contributed by atoms with E-state index < -0.39 is 0 Å². The molecule has 2 bridgehead atoms. The Morgan fingerprint density at radius 2 is 1.92 bits per heavy atom. The molecule has 76 valence electrons. The van der Waals surface area contributed by atoms with Crippen LogP contribution < -0.4 is 0 Å². The van der Waals surface area contributed by atoms with Crippen molar-refractivity contribution in [3.8, 4) is 0 Å². The minimum Gasteiger partial charge on any atom is -0.394 e. The maximum absolute atomic E-state index is 8.21. The van der Waals surface area contributed by atoms with Crippen LogP contribution in [0.2, 0.25) is 0 Å². The summed E-state index contributed by atoms with van der Waals surface area (Å²) in [4.78, 5) is 0. The number of aliphatic hydroxyl groups is 1. The maximum Gasteiger partial charge on any atom is 0.0773 e. The number of aliphatic hydroxyl groups excluding tert-OH is 1. The molecule has 0 amide bonds. The second-order valence-corrected chi connectivity index (χ2v) is 3.95. The first kappa shape index (κ1) is 10.7. The van der Waals surface area contributed by atoms with E-state index >= 15 is 0 Å². The van der Waals surface area contributed by atoms with Crippen molar-refractivity contribution in [1.29, 1.82) is 0 Å². The number of fused-ring (bicyclic) bond motifs is 2. The topological polar surface area (TPSA) is 29.5 Å². The van der Waals surface area contributed by atoms with E-state index in [-0.39, 0.29) is 12.7 Å². The average Bonchev–Trinajstić information content (AvgIpc) is 2.81. The van der Waals surface area contributed by atoms with E-state index in [0.717, 1.165) is 11.8 Å². The highest BCUT2D eigenvalue weighted by Crippen LogP contribution is 2.38. The summed E-state index contributed by atoms with van der Waals surface area (Å²) in [7, 11) is 1.57. The molecule has 2 aliphatic carbocycles. The van der Waals surface area contributed by atoms with Crippen LogP contribution in [0.3, 0.4) is 0 Å². The summed E-state index contributed by atoms with van der Waals surface area (Å²) in [5, 5.41) is 8.21. The van der Waals surface area contributed by atoms with Gasteiger partial charge in [-0.1, -0.05) is 12.2 Å². The Morgan fingerprint density at radius 3 is 2.00 bits per heavy atom. The van der Waals surface area contributed by atoms with Gasteiger partial charge in [0, 0.05) is 7.11 Å². The van der Waals surface area contributed by atoms with E-state index in [0.29, 0.717) is 0 Å². The van der Waals surface area contributed by atoms with Gasteiger partial charge in [0.2, 0.25) is 0 Å². The number of hydrogen-bond acceptors (Lipinski definition) is 2. The number of ether oxygens (including phenoxy) is 1. The van der Waals surface area contributed by atoms with E-state index in [1.54, 1.807) is 14.0 Å². The van der Waals surface area contributed by atoms with Crippen molar-refractivity contribution in [2.45, 2.75) is 32.3 Å². The molecule has 2 nitrogen and oxygen atoms in total. The lowest BCUT2D eigenvalue weighted by Crippen LogP contribution is -2.08. The van der Waals surface area contributed by atoms with Crippen molar-refractivity contribution in [2.24, 2.45) is 11.8 Å². The lowest BCUT2D eigenvalue weighted by molar-refractivity contribution is 0.0623. The first-order valence-electron chi connectivity index (χ1n) is 5.08. The van der Waals surface area contributed by atoms with Crippen LogP contribution in [0.4, 0.5) is 0 Å². The highest BCUT2D eigenvalue weighted by molar-refractivity contribution is 5.06. The van der Waals surface area contributed by atoms with E-state index in [9.17, 15) is 0 Å². The highest BCUT2D eigenvalue weighted by Gasteiger charge is 2.25. The molecular weight excluding hydrogens is 164 g/mol. The third-order valence-corrected chi connectivity index (χ3v) is 2.83. The Balaban J connectivity index is 0.000000133. The van der Waals surface area contributed by atoms with Crippen molar-refractivity contribution in [3.05, 3.63) is 12.2 Å². The third kappa shape index (κ3) is 3.49. The number of hydrogen-bond donors (Lipinski definition) is 1. The van der Waals surface area contributed by atoms with Gasteiger partial charge in [0.1, 0.15) is 0 Å². The standard InChI is InChI=1S/C7H10.C4H10O2/c1-2-7-4-3-6(1)5-7;1-4(3-5)6-2/h1-2,6-7H,3-5H2;4-5H,3H2,1-2H3. The van der Waals surface area contributed by atoms with Crippen LogP contribution in [0, 0.1) is 11.8 Å². The fourth-order valence-corrected chi connectivity index (χ4v) is 1.79. The third-order valence-electron chi connectivity index (χ3n) is 2.83. The highest BCUT2D eigenvalue weighted by atomic mass is 16.5. The number of allylic oxidation sites excluding steroid dienone is 2. The van der Waals surface area contributed by atoms with Crippen LogP contribution in [-0.4, -0.2) is 24.9 Å². The molecule has 0 spiro atoms. The van der Waals surface area contributed by atoms with Crippen LogP contribution in [0.25, 0.3) is 0 Å². The Kier molecular flexibility index (Phi) is 4.46. The Hall–Kier alpha value is -0.340. The van der Waals surface area contributed by atoms with Crippen LogP contribution in [0.5, 0.6) is 0 Å². The molecule has 1 fully saturated rings. The fraction of sp³-hybridized carbons (Fsp3) is 0.818. The van der Waals surface area contributed by atoms with Gasteiger partial charge in [0.25, 0.3) is 0 Å². The van der Waals surface area contributed by atoms with Gasteiger partial charge in [-0.15, -0.1) is 0 Å². The van der Waals surface area contributed by atoms with Gasteiger partial charge in [0.15, 0.2) is 0 Å². The molecule has 0 aliphatic heterocycles. The minimum atomic E-state index is -0.00926. The minimum absolute atomic E-state index is 0.00926. The lowest BCUT2D eigenvalue weighted by atomic mass is 10.1. The average molecular weight is 184 g/mol. The molecular formula is C11H20O2. The lowest BCUT2D eigenvalue weighted by Gasteiger charge is -2.00. The SMILES string of the molecule is C1=CC2CCC1C2.COC(C)CO. The molecule has 0 radical (unpaired) electrons. The van der Waals surface area contributed by atoms with Gasteiger partial charge in [-0.25, -0.2) is 0 Å². The molecule has 0 saturated heterocycles. The molecule has 0 aromatic heterocycles. The quantitative estimate of drug-likeness (QED) is 0.665. The fourth-order valence-electron chi connectivity index (χ4n) is 1.79. The Bertz CT molecular complexity index is 149. The van der Waals surface area contributed by atoms with E-state index in [1.807, 2.05) is 0 Å². The zero-order valence-corrected chi connectivity index (χ0v) is 8.57. The Morgan fingerprint density at radius 1 is 1.38 bits per heavy atom. The van der Waals surface area contributed by atoms with Crippen molar-refractivity contribution in [2.75, 3.05) is 13.7 Å². The first-order valence-corrected chi connectivity index (χ1v) is 5.08. The number of methoxy groups -OCH3 is 1. The van der Waals surface area contributed by atoms with Gasteiger partial charge in [-0.3, -0.25) is 0 Å². The first-order chi connectivity index (χ1) is 6.26. The summed E-state index contributed by atoms with van der Waals surface area (Å²) in [6.07, 6.45) is 9.18. The predicted molar refractivity (Wildman–Crippen MR) is 53.5 cm³/mol. The summed E-state index contributed by atoms with van der Waals surface area (Å²) in [5.41, 5.74) is 0. The van der Waals surface area contributed by atoms with Crippen molar-refractivity contribution in [1.82, 2.24) is 0 Å². The van der Waals surface area contributed by atoms with Gasteiger partial charge in [-0.05, 0) is 38.0 Å². The summed E-state index contributed by atoms with van der Waals surface area (Å²) in [6, 6.07) is 0. The molecule has 1 saturated carbocycles. The second kappa shape index (κ2) is 5.40.